The summed E-state index contributed by atoms with van der Waals surface area (Å²) in [6, 6.07) is -0.846. The number of ether oxygens (including phenoxy) is 2. The Labute approximate surface area is 428 Å². The minimum atomic E-state index is -1.58. The van der Waals surface area contributed by atoms with E-state index in [2.05, 4.69) is 104 Å². The fraction of sp³-hybridized carbons (Fsp3) is 0.721. The largest absolute Gasteiger partial charge is 0.394 e. The highest BCUT2D eigenvalue weighted by Crippen LogP contribution is 2.23. The fourth-order valence-corrected chi connectivity index (χ4v) is 8.39. The van der Waals surface area contributed by atoms with Gasteiger partial charge < -0.3 is 40.3 Å². The molecular weight excluding hydrogens is 875 g/mol. The molecule has 0 aliphatic carbocycles. The van der Waals surface area contributed by atoms with E-state index in [1.54, 1.807) is 6.08 Å². The zero-order chi connectivity index (χ0) is 50.8. The van der Waals surface area contributed by atoms with Crippen LogP contribution in [0.3, 0.4) is 0 Å². The Morgan fingerprint density at radius 2 is 0.900 bits per heavy atom. The van der Waals surface area contributed by atoms with E-state index >= 15 is 0 Å². The first-order valence-corrected chi connectivity index (χ1v) is 28.5. The van der Waals surface area contributed by atoms with Gasteiger partial charge >= 0.3 is 0 Å². The predicted octanol–water partition coefficient (Wildman–Crippen LogP) is 14.0. The lowest BCUT2D eigenvalue weighted by Crippen LogP contribution is -2.60. The number of hydrogen-bond acceptors (Lipinski definition) is 8. The summed E-state index contributed by atoms with van der Waals surface area (Å²) >= 11 is 0. The molecule has 1 saturated heterocycles. The zero-order valence-corrected chi connectivity index (χ0v) is 44.5. The summed E-state index contributed by atoms with van der Waals surface area (Å²) < 4.78 is 11.2. The summed E-state index contributed by atoms with van der Waals surface area (Å²) in [6.07, 6.45) is 64.7. The smallest absolute Gasteiger partial charge is 0.220 e. The van der Waals surface area contributed by atoms with Crippen LogP contribution in [0.2, 0.25) is 0 Å². The highest BCUT2D eigenvalue weighted by atomic mass is 16.7. The van der Waals surface area contributed by atoms with Gasteiger partial charge in [0.15, 0.2) is 6.29 Å². The van der Waals surface area contributed by atoms with E-state index in [9.17, 15) is 30.3 Å². The van der Waals surface area contributed by atoms with Crippen molar-refractivity contribution in [1.82, 2.24) is 5.32 Å². The zero-order valence-electron chi connectivity index (χ0n) is 44.5. The van der Waals surface area contributed by atoms with Crippen LogP contribution in [0.4, 0.5) is 0 Å². The van der Waals surface area contributed by atoms with E-state index in [1.165, 1.54) is 103 Å². The molecule has 0 saturated carbocycles. The Morgan fingerprint density at radius 1 is 0.500 bits per heavy atom. The molecule has 9 nitrogen and oxygen atoms in total. The van der Waals surface area contributed by atoms with E-state index in [-0.39, 0.29) is 12.5 Å². The number of carbonyl (C=O) groups is 1. The second-order valence-corrected chi connectivity index (χ2v) is 19.3. The lowest BCUT2D eigenvalue weighted by Gasteiger charge is -2.40. The molecule has 0 radical (unpaired) electrons. The van der Waals surface area contributed by atoms with Gasteiger partial charge in [0, 0.05) is 6.42 Å². The normalized spacial score (nSPS) is 20.1. The fourth-order valence-electron chi connectivity index (χ4n) is 8.39. The van der Waals surface area contributed by atoms with Crippen molar-refractivity contribution >= 4 is 5.91 Å². The molecular formula is C61H105NO8. The van der Waals surface area contributed by atoms with Crippen molar-refractivity contribution in [2.45, 2.75) is 269 Å². The van der Waals surface area contributed by atoms with Crippen LogP contribution in [0.15, 0.2) is 97.2 Å². The van der Waals surface area contributed by atoms with Gasteiger partial charge in [-0.3, -0.25) is 4.79 Å². The standard InChI is InChI=1S/C61H105NO8/c1-3-5-7-9-11-13-15-17-19-21-23-25-26-27-28-29-31-32-34-36-38-40-42-44-46-48-50-55(64)54(53-69-61-60(68)59(67)58(66)56(52-63)70-61)62-57(65)51-49-47-45-43-41-39-37-35-33-30-24-22-20-18-16-14-12-10-8-6-4-2/h6,8,12,14,18,20,24,30,32,34-35,37,40,42,48,50,54-56,58-61,63-64,66-68H,3-5,7,9-11,13,15-17,19,21-23,25-29,31,33,36,38-39,41,43-47,49,51-53H2,1-2H3,(H,62,65)/b8-6-,14-12-,20-18-,30-24-,34-32+,37-35-,42-40+,50-48+. The minimum absolute atomic E-state index is 0.212. The average molecular weight is 981 g/mol. The third-order valence-corrected chi connectivity index (χ3v) is 12.9. The van der Waals surface area contributed by atoms with Crippen molar-refractivity contribution in [1.29, 1.82) is 0 Å². The van der Waals surface area contributed by atoms with Crippen molar-refractivity contribution < 1.29 is 39.8 Å². The molecule has 1 rings (SSSR count). The highest BCUT2D eigenvalue weighted by molar-refractivity contribution is 5.76. The van der Waals surface area contributed by atoms with E-state index in [1.807, 2.05) is 6.08 Å². The van der Waals surface area contributed by atoms with E-state index in [0.29, 0.717) is 6.42 Å². The SMILES string of the molecule is CC/C=C\C/C=C\C/C=C\C/C=C\C/C=C\CCCCCCCC(=O)NC(COC1OC(CO)C(O)C(O)C1O)C(O)/C=C/CC/C=C/CC/C=C/CCCCCCCCCCCCCCCCCC. The number of hydrogen-bond donors (Lipinski definition) is 6. The lowest BCUT2D eigenvalue weighted by atomic mass is 9.99. The minimum Gasteiger partial charge on any atom is -0.394 e. The lowest BCUT2D eigenvalue weighted by molar-refractivity contribution is -0.302. The molecule has 0 aromatic rings. The summed E-state index contributed by atoms with van der Waals surface area (Å²) in [5, 5.41) is 54.5. The average Bonchev–Trinajstić information content (AvgIpc) is 3.36. The number of amides is 1. The maximum atomic E-state index is 13.0. The summed E-state index contributed by atoms with van der Waals surface area (Å²) in [7, 11) is 0. The molecule has 402 valence electrons. The molecule has 7 unspecified atom stereocenters. The van der Waals surface area contributed by atoms with Gasteiger partial charge in [-0.05, 0) is 89.9 Å². The first-order valence-electron chi connectivity index (χ1n) is 28.5. The van der Waals surface area contributed by atoms with Crippen molar-refractivity contribution in [2.75, 3.05) is 13.2 Å². The van der Waals surface area contributed by atoms with E-state index in [0.717, 1.165) is 103 Å². The van der Waals surface area contributed by atoms with Crippen molar-refractivity contribution in [3.63, 3.8) is 0 Å². The van der Waals surface area contributed by atoms with Gasteiger partial charge in [0.05, 0.1) is 25.4 Å². The maximum Gasteiger partial charge on any atom is 0.220 e. The third kappa shape index (κ3) is 38.7. The maximum absolute atomic E-state index is 13.0. The van der Waals surface area contributed by atoms with Gasteiger partial charge in [-0.25, -0.2) is 0 Å². The van der Waals surface area contributed by atoms with Gasteiger partial charge in [-0.15, -0.1) is 0 Å². The molecule has 0 bridgehead atoms. The molecule has 1 amide bonds. The van der Waals surface area contributed by atoms with Gasteiger partial charge in [0.25, 0.3) is 0 Å². The molecule has 0 spiro atoms. The topological polar surface area (TPSA) is 149 Å². The molecule has 1 aliphatic rings. The number of unbranched alkanes of at least 4 members (excludes halogenated alkanes) is 23. The molecule has 70 heavy (non-hydrogen) atoms. The van der Waals surface area contributed by atoms with Gasteiger partial charge in [0.2, 0.25) is 5.91 Å². The Hall–Kier alpha value is -2.89. The third-order valence-electron chi connectivity index (χ3n) is 12.9. The van der Waals surface area contributed by atoms with Crippen LogP contribution in [0, 0.1) is 0 Å². The van der Waals surface area contributed by atoms with Crippen molar-refractivity contribution in [3.8, 4) is 0 Å². The first kappa shape index (κ1) is 65.1. The molecule has 0 aromatic carbocycles. The van der Waals surface area contributed by atoms with E-state index < -0.39 is 49.5 Å². The Morgan fingerprint density at radius 3 is 1.37 bits per heavy atom. The van der Waals surface area contributed by atoms with Crippen LogP contribution in [0.25, 0.3) is 0 Å². The van der Waals surface area contributed by atoms with Crippen LogP contribution < -0.4 is 5.32 Å². The van der Waals surface area contributed by atoms with Crippen LogP contribution >= 0.6 is 0 Å². The summed E-state index contributed by atoms with van der Waals surface area (Å²) in [5.74, 6) is -0.212. The van der Waals surface area contributed by atoms with Crippen LogP contribution in [-0.2, 0) is 14.3 Å². The van der Waals surface area contributed by atoms with Crippen molar-refractivity contribution in [2.24, 2.45) is 0 Å². The van der Waals surface area contributed by atoms with Crippen LogP contribution in [0.1, 0.15) is 226 Å². The number of allylic oxidation sites excluding steroid dienone is 15. The number of nitrogens with one attached hydrogen (secondary N) is 1. The molecule has 1 fully saturated rings. The first-order chi connectivity index (χ1) is 34.3. The number of aliphatic hydroxyl groups is 5. The van der Waals surface area contributed by atoms with Crippen molar-refractivity contribution in [3.05, 3.63) is 97.2 Å². The quantitative estimate of drug-likeness (QED) is 0.0261. The molecule has 1 aliphatic heterocycles. The van der Waals surface area contributed by atoms with Crippen LogP contribution in [-0.4, -0.2) is 87.5 Å². The van der Waals surface area contributed by atoms with Gasteiger partial charge in [0.1, 0.15) is 24.4 Å². The number of aliphatic hydroxyl groups excluding tert-OH is 5. The molecule has 0 aromatic heterocycles. The summed E-state index contributed by atoms with van der Waals surface area (Å²) in [4.78, 5) is 13.0. The van der Waals surface area contributed by atoms with E-state index in [4.69, 9.17) is 9.47 Å². The monoisotopic (exact) mass is 980 g/mol. The molecule has 1 heterocycles. The second kappa shape index (κ2) is 49.7. The molecule has 6 N–H and O–H groups in total. The Bertz CT molecular complexity index is 1420. The molecule has 7 atom stereocenters. The van der Waals surface area contributed by atoms with Gasteiger partial charge in [-0.1, -0.05) is 227 Å². The number of rotatable bonds is 47. The summed E-state index contributed by atoms with van der Waals surface area (Å²) in [6.45, 7) is 3.63. The predicted molar refractivity (Wildman–Crippen MR) is 294 cm³/mol. The summed E-state index contributed by atoms with van der Waals surface area (Å²) in [5.41, 5.74) is 0. The highest BCUT2D eigenvalue weighted by Gasteiger charge is 2.44. The molecule has 9 heteroatoms. The van der Waals surface area contributed by atoms with Crippen LogP contribution in [0.5, 0.6) is 0 Å². The second-order valence-electron chi connectivity index (χ2n) is 19.3. The Kier molecular flexibility index (Phi) is 46.2. The van der Waals surface area contributed by atoms with Gasteiger partial charge in [-0.2, -0.15) is 0 Å². The Balaban J connectivity index is 2.31. The number of carbonyl (C=O) groups excluding carboxylic acids is 1.